The van der Waals surface area contributed by atoms with Crippen molar-refractivity contribution >= 4 is 6.08 Å². The molecule has 0 spiro atoms. The average molecular weight is 285 g/mol. The van der Waals surface area contributed by atoms with Crippen molar-refractivity contribution in [3.8, 4) is 5.75 Å². The monoisotopic (exact) mass is 285 g/mol. The standard InChI is InChI=1S/C18H20FNO/c1-14(20)13-16-10-5-11-17(19)18(16)21-12-6-9-15-7-3-2-4-8-15/h2-11,14H,12-13,20H2,1H3/b9-6+. The Kier molecular flexibility index (Phi) is 5.52. The number of nitrogens with two attached hydrogens (primary N) is 1. The fourth-order valence-electron chi connectivity index (χ4n) is 2.10. The zero-order chi connectivity index (χ0) is 15.1. The van der Waals surface area contributed by atoms with Crippen LogP contribution in [-0.4, -0.2) is 12.6 Å². The predicted octanol–water partition coefficient (Wildman–Crippen LogP) is 3.81. The highest BCUT2D eigenvalue weighted by Crippen LogP contribution is 2.23. The van der Waals surface area contributed by atoms with Gasteiger partial charge in [-0.2, -0.15) is 0 Å². The number of hydrogen-bond donors (Lipinski definition) is 1. The van der Waals surface area contributed by atoms with Crippen LogP contribution in [0.15, 0.2) is 54.6 Å². The van der Waals surface area contributed by atoms with Crippen LogP contribution in [0.25, 0.3) is 6.08 Å². The fraction of sp³-hybridized carbons (Fsp3) is 0.222. The highest BCUT2D eigenvalue weighted by molar-refractivity contribution is 5.48. The summed E-state index contributed by atoms with van der Waals surface area (Å²) in [7, 11) is 0. The second-order valence-corrected chi connectivity index (χ2v) is 5.03. The van der Waals surface area contributed by atoms with Crippen molar-refractivity contribution in [2.45, 2.75) is 19.4 Å². The van der Waals surface area contributed by atoms with Gasteiger partial charge >= 0.3 is 0 Å². The Bertz CT molecular complexity index is 593. The predicted molar refractivity (Wildman–Crippen MR) is 84.7 cm³/mol. The van der Waals surface area contributed by atoms with Crippen molar-refractivity contribution in [3.63, 3.8) is 0 Å². The van der Waals surface area contributed by atoms with E-state index in [1.807, 2.05) is 55.5 Å². The lowest BCUT2D eigenvalue weighted by molar-refractivity contribution is 0.337. The van der Waals surface area contributed by atoms with Crippen molar-refractivity contribution in [1.29, 1.82) is 0 Å². The summed E-state index contributed by atoms with van der Waals surface area (Å²) < 4.78 is 19.4. The molecule has 2 nitrogen and oxygen atoms in total. The summed E-state index contributed by atoms with van der Waals surface area (Å²) in [5, 5.41) is 0. The first-order valence-corrected chi connectivity index (χ1v) is 7.04. The molecule has 21 heavy (non-hydrogen) atoms. The van der Waals surface area contributed by atoms with Gasteiger partial charge in [0.05, 0.1) is 0 Å². The van der Waals surface area contributed by atoms with Gasteiger partial charge in [0.1, 0.15) is 6.61 Å². The molecule has 2 N–H and O–H groups in total. The Balaban J connectivity index is 2.01. The summed E-state index contributed by atoms with van der Waals surface area (Å²) in [6.07, 6.45) is 4.42. The number of ether oxygens (including phenoxy) is 1. The molecule has 0 amide bonds. The third-order valence-corrected chi connectivity index (χ3v) is 3.02. The Morgan fingerprint density at radius 2 is 1.90 bits per heavy atom. The number of hydrogen-bond acceptors (Lipinski definition) is 2. The summed E-state index contributed by atoms with van der Waals surface area (Å²) in [5.41, 5.74) is 7.67. The van der Waals surface area contributed by atoms with Crippen molar-refractivity contribution in [3.05, 3.63) is 71.6 Å². The number of rotatable bonds is 6. The summed E-state index contributed by atoms with van der Waals surface area (Å²) in [6, 6.07) is 14.8. The van der Waals surface area contributed by atoms with E-state index in [2.05, 4.69) is 0 Å². The summed E-state index contributed by atoms with van der Waals surface area (Å²) in [6.45, 7) is 2.21. The molecule has 0 saturated heterocycles. The van der Waals surface area contributed by atoms with E-state index < -0.39 is 0 Å². The molecule has 0 aliphatic carbocycles. The lowest BCUT2D eigenvalue weighted by atomic mass is 10.1. The zero-order valence-corrected chi connectivity index (χ0v) is 12.1. The van der Waals surface area contributed by atoms with E-state index >= 15 is 0 Å². The minimum atomic E-state index is -0.346. The van der Waals surface area contributed by atoms with Crippen LogP contribution < -0.4 is 10.5 Å². The van der Waals surface area contributed by atoms with Gasteiger partial charge in [0, 0.05) is 6.04 Å². The Labute approximate surface area is 125 Å². The van der Waals surface area contributed by atoms with Gasteiger partial charge in [-0.25, -0.2) is 4.39 Å². The summed E-state index contributed by atoms with van der Waals surface area (Å²) in [5.74, 6) is -0.0474. The van der Waals surface area contributed by atoms with E-state index in [4.69, 9.17) is 10.5 Å². The van der Waals surface area contributed by atoms with Crippen LogP contribution in [0.2, 0.25) is 0 Å². The molecule has 1 atom stereocenters. The Morgan fingerprint density at radius 3 is 2.62 bits per heavy atom. The highest BCUT2D eigenvalue weighted by atomic mass is 19.1. The Morgan fingerprint density at radius 1 is 1.14 bits per heavy atom. The molecule has 2 aromatic rings. The first kappa shape index (κ1) is 15.3. The van der Waals surface area contributed by atoms with Crippen LogP contribution in [0.3, 0.4) is 0 Å². The van der Waals surface area contributed by atoms with E-state index in [0.717, 1.165) is 11.1 Å². The van der Waals surface area contributed by atoms with Gasteiger partial charge < -0.3 is 10.5 Å². The van der Waals surface area contributed by atoms with E-state index in [1.165, 1.54) is 6.07 Å². The van der Waals surface area contributed by atoms with Gasteiger partial charge in [0.15, 0.2) is 11.6 Å². The molecule has 0 aromatic heterocycles. The van der Waals surface area contributed by atoms with Crippen LogP contribution in [-0.2, 0) is 6.42 Å². The third-order valence-electron chi connectivity index (χ3n) is 3.02. The van der Waals surface area contributed by atoms with Crippen molar-refractivity contribution < 1.29 is 9.13 Å². The molecule has 0 saturated carbocycles. The molecule has 0 bridgehead atoms. The number of benzene rings is 2. The first-order valence-electron chi connectivity index (χ1n) is 7.04. The van der Waals surface area contributed by atoms with Gasteiger partial charge in [-0.3, -0.25) is 0 Å². The second-order valence-electron chi connectivity index (χ2n) is 5.03. The van der Waals surface area contributed by atoms with Crippen LogP contribution in [0.1, 0.15) is 18.1 Å². The van der Waals surface area contributed by atoms with Crippen LogP contribution in [0, 0.1) is 5.82 Å². The third kappa shape index (κ3) is 4.72. The molecule has 3 heteroatoms. The minimum absolute atomic E-state index is 0.0333. The first-order chi connectivity index (χ1) is 10.2. The highest BCUT2D eigenvalue weighted by Gasteiger charge is 2.10. The fourth-order valence-corrected chi connectivity index (χ4v) is 2.10. The topological polar surface area (TPSA) is 35.2 Å². The smallest absolute Gasteiger partial charge is 0.165 e. The lowest BCUT2D eigenvalue weighted by Crippen LogP contribution is -2.18. The molecule has 0 heterocycles. The quantitative estimate of drug-likeness (QED) is 0.876. The van der Waals surface area contributed by atoms with Gasteiger partial charge in [-0.15, -0.1) is 0 Å². The van der Waals surface area contributed by atoms with Gasteiger partial charge in [0.25, 0.3) is 0 Å². The van der Waals surface area contributed by atoms with Gasteiger partial charge in [-0.05, 0) is 36.6 Å². The lowest BCUT2D eigenvalue weighted by Gasteiger charge is -2.12. The molecule has 1 unspecified atom stereocenters. The Hall–Kier alpha value is -2.13. The molecule has 0 radical (unpaired) electrons. The van der Waals surface area contributed by atoms with Crippen molar-refractivity contribution in [1.82, 2.24) is 0 Å². The number of halogens is 1. The van der Waals surface area contributed by atoms with E-state index in [0.29, 0.717) is 18.8 Å². The van der Waals surface area contributed by atoms with Gasteiger partial charge in [-0.1, -0.05) is 48.5 Å². The average Bonchev–Trinajstić information content (AvgIpc) is 2.46. The molecular formula is C18H20FNO. The van der Waals surface area contributed by atoms with E-state index in [9.17, 15) is 4.39 Å². The summed E-state index contributed by atoms with van der Waals surface area (Å²) >= 11 is 0. The molecule has 2 aromatic carbocycles. The maximum Gasteiger partial charge on any atom is 0.165 e. The van der Waals surface area contributed by atoms with Crippen molar-refractivity contribution in [2.24, 2.45) is 5.73 Å². The largest absolute Gasteiger partial charge is 0.486 e. The van der Waals surface area contributed by atoms with E-state index in [-0.39, 0.29) is 11.9 Å². The molecule has 0 aliphatic rings. The molecule has 110 valence electrons. The molecule has 0 aliphatic heterocycles. The summed E-state index contributed by atoms with van der Waals surface area (Å²) in [4.78, 5) is 0. The zero-order valence-electron chi connectivity index (χ0n) is 12.1. The normalized spacial score (nSPS) is 12.5. The number of para-hydroxylation sites is 1. The molecular weight excluding hydrogens is 265 g/mol. The maximum atomic E-state index is 13.9. The van der Waals surface area contributed by atoms with Crippen LogP contribution in [0.5, 0.6) is 5.75 Å². The van der Waals surface area contributed by atoms with Gasteiger partial charge in [0.2, 0.25) is 0 Å². The SMILES string of the molecule is CC(N)Cc1cccc(F)c1OC/C=C/c1ccccc1. The van der Waals surface area contributed by atoms with Crippen LogP contribution >= 0.6 is 0 Å². The minimum Gasteiger partial charge on any atom is -0.486 e. The molecule has 0 fully saturated rings. The van der Waals surface area contributed by atoms with Crippen molar-refractivity contribution in [2.75, 3.05) is 6.61 Å². The van der Waals surface area contributed by atoms with E-state index in [1.54, 1.807) is 6.07 Å². The van der Waals surface area contributed by atoms with Crippen LogP contribution in [0.4, 0.5) is 4.39 Å². The maximum absolute atomic E-state index is 13.9. The molecule has 2 rings (SSSR count). The second kappa shape index (κ2) is 7.60.